The molecule has 0 atom stereocenters. The van der Waals surface area contributed by atoms with E-state index in [1.54, 1.807) is 6.07 Å². The fourth-order valence-electron chi connectivity index (χ4n) is 1.09. The smallest absolute Gasteiger partial charge is 0.348 e. The number of aliphatic hydroxyl groups is 1. The van der Waals surface area contributed by atoms with Gasteiger partial charge in [0.2, 0.25) is 0 Å². The van der Waals surface area contributed by atoms with E-state index in [2.05, 4.69) is 20.5 Å². The van der Waals surface area contributed by atoms with Crippen LogP contribution >= 0.6 is 0 Å². The number of rotatable bonds is 3. The molecule has 0 fully saturated rings. The first-order valence-electron chi connectivity index (χ1n) is 4.09. The fraction of sp³-hybridized carbons (Fsp3) is 0.286. The van der Waals surface area contributed by atoms with Gasteiger partial charge in [0.25, 0.3) is 0 Å². The summed E-state index contributed by atoms with van der Waals surface area (Å²) < 4.78 is 1.30. The Hall–Kier alpha value is -1.89. The third-order valence-corrected chi connectivity index (χ3v) is 1.73. The van der Waals surface area contributed by atoms with Gasteiger partial charge in [0.05, 0.1) is 6.61 Å². The number of aromatic amines is 1. The molecule has 2 heterocycles. The highest BCUT2D eigenvalue weighted by molar-refractivity contribution is 5.48. The van der Waals surface area contributed by atoms with Gasteiger partial charge in [0.1, 0.15) is 12.1 Å². The molecule has 0 bridgehead atoms. The monoisotopic (exact) mass is 195 g/mol. The van der Waals surface area contributed by atoms with Crippen LogP contribution in [0.2, 0.25) is 0 Å². The van der Waals surface area contributed by atoms with Gasteiger partial charge in [0.15, 0.2) is 5.65 Å². The molecule has 7 nitrogen and oxygen atoms in total. The van der Waals surface area contributed by atoms with E-state index >= 15 is 0 Å². The van der Waals surface area contributed by atoms with Gasteiger partial charge < -0.3 is 10.4 Å². The van der Waals surface area contributed by atoms with E-state index in [1.165, 1.54) is 10.7 Å². The van der Waals surface area contributed by atoms with Gasteiger partial charge in [0, 0.05) is 12.6 Å². The van der Waals surface area contributed by atoms with Gasteiger partial charge in [-0.3, -0.25) is 0 Å². The van der Waals surface area contributed by atoms with Crippen molar-refractivity contribution in [1.82, 2.24) is 19.6 Å². The van der Waals surface area contributed by atoms with Gasteiger partial charge in [-0.2, -0.15) is 5.10 Å². The van der Waals surface area contributed by atoms with Crippen molar-refractivity contribution in [2.24, 2.45) is 0 Å². The Bertz CT molecular complexity index is 488. The Morgan fingerprint density at radius 1 is 1.64 bits per heavy atom. The summed E-state index contributed by atoms with van der Waals surface area (Å²) in [6, 6.07) is 1.62. The Morgan fingerprint density at radius 2 is 2.50 bits per heavy atom. The molecule has 0 saturated heterocycles. The molecule has 0 unspecified atom stereocenters. The van der Waals surface area contributed by atoms with Crippen molar-refractivity contribution in [2.75, 3.05) is 18.5 Å². The molecule has 0 aliphatic rings. The Morgan fingerprint density at radius 3 is 3.29 bits per heavy atom. The van der Waals surface area contributed by atoms with Crippen LogP contribution in [-0.4, -0.2) is 37.8 Å². The second-order valence-corrected chi connectivity index (χ2v) is 2.68. The molecular weight excluding hydrogens is 186 g/mol. The number of fused-ring (bicyclic) bond motifs is 1. The number of aromatic nitrogens is 4. The van der Waals surface area contributed by atoms with E-state index in [0.717, 1.165) is 0 Å². The maximum Gasteiger partial charge on any atom is 0.348 e. The second-order valence-electron chi connectivity index (χ2n) is 2.68. The number of anilines is 1. The summed E-state index contributed by atoms with van der Waals surface area (Å²) in [5.74, 6) is 0.575. The number of nitrogens with one attached hydrogen (secondary N) is 2. The molecule has 0 saturated carbocycles. The van der Waals surface area contributed by atoms with E-state index in [9.17, 15) is 4.79 Å². The lowest BCUT2D eigenvalue weighted by molar-refractivity contribution is 0.311. The van der Waals surface area contributed by atoms with Crippen LogP contribution < -0.4 is 11.0 Å². The minimum absolute atomic E-state index is 0.0280. The van der Waals surface area contributed by atoms with Crippen molar-refractivity contribution in [3.05, 3.63) is 22.9 Å². The first kappa shape index (κ1) is 8.70. The van der Waals surface area contributed by atoms with Crippen LogP contribution in [0.15, 0.2) is 17.2 Å². The predicted octanol–water partition coefficient (Wildman–Crippen LogP) is -1.18. The van der Waals surface area contributed by atoms with Crippen molar-refractivity contribution >= 4 is 11.5 Å². The number of H-pyrrole nitrogens is 1. The van der Waals surface area contributed by atoms with Crippen molar-refractivity contribution in [1.29, 1.82) is 0 Å². The lowest BCUT2D eigenvalue weighted by Gasteiger charge is -2.01. The molecule has 0 aromatic carbocycles. The number of nitrogens with zero attached hydrogens (tertiary/aromatic N) is 3. The SMILES string of the molecule is O=c1[nH]nc2cc(NCCO)ncn12. The molecule has 7 heteroatoms. The molecule has 14 heavy (non-hydrogen) atoms. The van der Waals surface area contributed by atoms with Crippen LogP contribution in [0.5, 0.6) is 0 Å². The zero-order chi connectivity index (χ0) is 9.97. The summed E-state index contributed by atoms with van der Waals surface area (Å²) in [5.41, 5.74) is 0.173. The topological polar surface area (TPSA) is 95.3 Å². The van der Waals surface area contributed by atoms with Crippen LogP contribution in [0.3, 0.4) is 0 Å². The Balaban J connectivity index is 2.37. The Kier molecular flexibility index (Phi) is 2.15. The van der Waals surface area contributed by atoms with E-state index in [-0.39, 0.29) is 12.3 Å². The van der Waals surface area contributed by atoms with Crippen LogP contribution in [0.4, 0.5) is 5.82 Å². The molecule has 0 spiro atoms. The third-order valence-electron chi connectivity index (χ3n) is 1.73. The van der Waals surface area contributed by atoms with Crippen molar-refractivity contribution in [2.45, 2.75) is 0 Å². The third kappa shape index (κ3) is 1.44. The summed E-state index contributed by atoms with van der Waals surface area (Å²) in [6.07, 6.45) is 1.38. The van der Waals surface area contributed by atoms with E-state index in [1.807, 2.05) is 0 Å². The predicted molar refractivity (Wildman–Crippen MR) is 49.2 cm³/mol. The maximum absolute atomic E-state index is 11.0. The molecule has 0 radical (unpaired) electrons. The lowest BCUT2D eigenvalue weighted by Crippen LogP contribution is -2.11. The molecule has 3 N–H and O–H groups in total. The quantitative estimate of drug-likeness (QED) is 0.573. The summed E-state index contributed by atoms with van der Waals surface area (Å²) in [6.45, 7) is 0.443. The minimum Gasteiger partial charge on any atom is -0.395 e. The van der Waals surface area contributed by atoms with Gasteiger partial charge in [-0.05, 0) is 0 Å². The molecule has 0 amide bonds. The normalized spacial score (nSPS) is 10.6. The van der Waals surface area contributed by atoms with Crippen molar-refractivity contribution in [3.8, 4) is 0 Å². The zero-order valence-electron chi connectivity index (χ0n) is 7.27. The van der Waals surface area contributed by atoms with E-state index in [4.69, 9.17) is 5.11 Å². The van der Waals surface area contributed by atoms with Gasteiger partial charge in [-0.1, -0.05) is 0 Å². The summed E-state index contributed by atoms with van der Waals surface area (Å²) >= 11 is 0. The minimum atomic E-state index is -0.318. The van der Waals surface area contributed by atoms with Crippen LogP contribution in [0, 0.1) is 0 Å². The largest absolute Gasteiger partial charge is 0.395 e. The van der Waals surface area contributed by atoms with Crippen molar-refractivity contribution in [3.63, 3.8) is 0 Å². The molecule has 0 aliphatic carbocycles. The zero-order valence-corrected chi connectivity index (χ0v) is 7.27. The van der Waals surface area contributed by atoms with Crippen molar-refractivity contribution < 1.29 is 5.11 Å². The average molecular weight is 195 g/mol. The molecule has 74 valence electrons. The van der Waals surface area contributed by atoms with Crippen LogP contribution in [0.25, 0.3) is 5.65 Å². The first-order chi connectivity index (χ1) is 6.81. The standard InChI is InChI=1S/C7H9N5O2/c13-2-1-8-5-3-6-10-11-7(14)12(6)4-9-5/h3-4,8,13H,1-2H2,(H,11,14). The van der Waals surface area contributed by atoms with Gasteiger partial charge >= 0.3 is 5.69 Å². The number of hydrogen-bond donors (Lipinski definition) is 3. The summed E-state index contributed by atoms with van der Waals surface area (Å²) in [5, 5.41) is 17.5. The van der Waals surface area contributed by atoms with Gasteiger partial charge in [-0.15, -0.1) is 0 Å². The van der Waals surface area contributed by atoms with E-state index < -0.39 is 0 Å². The van der Waals surface area contributed by atoms with E-state index in [0.29, 0.717) is 18.0 Å². The maximum atomic E-state index is 11.0. The average Bonchev–Trinajstić information content (AvgIpc) is 2.57. The number of hydrogen-bond acceptors (Lipinski definition) is 5. The lowest BCUT2D eigenvalue weighted by atomic mass is 10.5. The molecule has 2 rings (SSSR count). The highest BCUT2D eigenvalue weighted by Crippen LogP contribution is 2.02. The van der Waals surface area contributed by atoms with Crippen LogP contribution in [0.1, 0.15) is 0 Å². The first-order valence-corrected chi connectivity index (χ1v) is 4.09. The summed E-state index contributed by atoms with van der Waals surface area (Å²) in [7, 11) is 0. The van der Waals surface area contributed by atoms with Gasteiger partial charge in [-0.25, -0.2) is 19.3 Å². The molecular formula is C7H9N5O2. The molecule has 2 aromatic heterocycles. The number of aliphatic hydroxyl groups excluding tert-OH is 1. The Labute approximate surface area is 78.4 Å². The van der Waals surface area contributed by atoms with Crippen LogP contribution in [-0.2, 0) is 0 Å². The highest BCUT2D eigenvalue weighted by Gasteiger charge is 2.00. The summed E-state index contributed by atoms with van der Waals surface area (Å²) in [4.78, 5) is 15.0. The molecule has 0 aliphatic heterocycles. The molecule has 2 aromatic rings. The second kappa shape index (κ2) is 3.46. The highest BCUT2D eigenvalue weighted by atomic mass is 16.3. The fourth-order valence-corrected chi connectivity index (χ4v) is 1.09.